The summed E-state index contributed by atoms with van der Waals surface area (Å²) in [6.45, 7) is 1.42. The Hall–Kier alpha value is -1.03. The van der Waals surface area contributed by atoms with Crippen LogP contribution < -0.4 is 0 Å². The van der Waals surface area contributed by atoms with Crippen molar-refractivity contribution in [2.75, 3.05) is 0 Å². The van der Waals surface area contributed by atoms with Crippen LogP contribution in [0.4, 0.5) is 8.78 Å². The number of aliphatic hydroxyl groups is 1. The van der Waals surface area contributed by atoms with Crippen LogP contribution in [-0.4, -0.2) is 10.1 Å². The first-order valence-corrected chi connectivity index (χ1v) is 3.49. The molecule has 1 aromatic rings. The van der Waals surface area contributed by atoms with Gasteiger partial charge in [0, 0.05) is 17.5 Å². The van der Waals surface area contributed by atoms with Gasteiger partial charge in [0.05, 0.1) is 6.61 Å². The predicted octanol–water partition coefficient (Wildman–Crippen LogP) is 1.82. The van der Waals surface area contributed by atoms with Crippen LogP contribution in [0.25, 0.3) is 0 Å². The number of rotatable bonds is 2. The van der Waals surface area contributed by atoms with E-state index in [0.29, 0.717) is 11.3 Å². The van der Waals surface area contributed by atoms with Gasteiger partial charge in [0.15, 0.2) is 0 Å². The lowest BCUT2D eigenvalue weighted by Gasteiger charge is -2.04. The summed E-state index contributed by atoms with van der Waals surface area (Å²) in [6.07, 6.45) is -1.40. The molecular weight excluding hydrogens is 164 g/mol. The van der Waals surface area contributed by atoms with Gasteiger partial charge >= 0.3 is 0 Å². The van der Waals surface area contributed by atoms with Gasteiger partial charge in [0.1, 0.15) is 0 Å². The summed E-state index contributed by atoms with van der Waals surface area (Å²) in [5, 5.41) is 8.74. The molecule has 66 valence electrons. The van der Waals surface area contributed by atoms with E-state index >= 15 is 0 Å². The minimum absolute atomic E-state index is 0.148. The Kier molecular flexibility index (Phi) is 2.70. The van der Waals surface area contributed by atoms with E-state index in [0.717, 1.165) is 6.20 Å². The predicted molar refractivity (Wildman–Crippen MR) is 39.9 cm³/mol. The van der Waals surface area contributed by atoms with E-state index in [1.165, 1.54) is 6.07 Å². The van der Waals surface area contributed by atoms with Crippen molar-refractivity contribution in [3.63, 3.8) is 0 Å². The van der Waals surface area contributed by atoms with Crippen molar-refractivity contribution in [1.29, 1.82) is 0 Å². The second-order valence-corrected chi connectivity index (χ2v) is 2.47. The largest absolute Gasteiger partial charge is 0.392 e. The van der Waals surface area contributed by atoms with Gasteiger partial charge in [0.25, 0.3) is 6.43 Å². The molecule has 0 radical (unpaired) electrons. The maximum atomic E-state index is 12.1. The Morgan fingerprint density at radius 3 is 2.75 bits per heavy atom. The summed E-state index contributed by atoms with van der Waals surface area (Å²) in [5.41, 5.74) is 0.888. The lowest BCUT2D eigenvalue weighted by molar-refractivity contribution is 0.150. The molecule has 12 heavy (non-hydrogen) atoms. The van der Waals surface area contributed by atoms with Crippen LogP contribution in [0.5, 0.6) is 0 Å². The molecule has 0 aliphatic carbocycles. The Bertz CT molecular complexity index is 276. The van der Waals surface area contributed by atoms with Crippen molar-refractivity contribution < 1.29 is 13.9 Å². The highest BCUT2D eigenvalue weighted by molar-refractivity contribution is 5.24. The number of nitrogens with zero attached hydrogens (tertiary/aromatic N) is 1. The molecule has 0 bridgehead atoms. The minimum Gasteiger partial charge on any atom is -0.392 e. The second kappa shape index (κ2) is 3.58. The van der Waals surface area contributed by atoms with Crippen molar-refractivity contribution in [3.05, 3.63) is 29.1 Å². The number of pyridine rings is 1. The number of alkyl halides is 2. The van der Waals surface area contributed by atoms with Gasteiger partial charge in [-0.15, -0.1) is 0 Å². The molecule has 1 rings (SSSR count). The first-order valence-electron chi connectivity index (χ1n) is 3.49. The maximum absolute atomic E-state index is 12.1. The van der Waals surface area contributed by atoms with Crippen molar-refractivity contribution >= 4 is 0 Å². The first-order chi connectivity index (χ1) is 5.65. The number of hydrogen-bond donors (Lipinski definition) is 1. The third-order valence-electron chi connectivity index (χ3n) is 1.64. The number of aliphatic hydroxyl groups excluding tert-OH is 1. The topological polar surface area (TPSA) is 33.1 Å². The van der Waals surface area contributed by atoms with Gasteiger partial charge in [-0.1, -0.05) is 0 Å². The van der Waals surface area contributed by atoms with Crippen LogP contribution in [0.2, 0.25) is 0 Å². The van der Waals surface area contributed by atoms with E-state index < -0.39 is 6.43 Å². The fraction of sp³-hybridized carbons (Fsp3) is 0.375. The second-order valence-electron chi connectivity index (χ2n) is 2.47. The fourth-order valence-electron chi connectivity index (χ4n) is 0.877. The molecule has 0 unspecified atom stereocenters. The van der Waals surface area contributed by atoms with Crippen LogP contribution in [0, 0.1) is 6.92 Å². The molecule has 0 aromatic carbocycles. The van der Waals surface area contributed by atoms with Gasteiger partial charge in [0.2, 0.25) is 0 Å². The Balaban J connectivity index is 3.05. The third-order valence-corrected chi connectivity index (χ3v) is 1.64. The smallest absolute Gasteiger partial charge is 0.265 e. The first kappa shape index (κ1) is 9.06. The molecule has 0 amide bonds. The Morgan fingerprint density at radius 2 is 2.25 bits per heavy atom. The molecule has 0 aliphatic heterocycles. The zero-order valence-electron chi connectivity index (χ0n) is 6.59. The van der Waals surface area contributed by atoms with E-state index in [1.54, 1.807) is 6.92 Å². The summed E-state index contributed by atoms with van der Waals surface area (Å²) >= 11 is 0. The number of aryl methyl sites for hydroxylation is 1. The fourth-order valence-corrected chi connectivity index (χ4v) is 0.877. The van der Waals surface area contributed by atoms with Crippen LogP contribution in [0.1, 0.15) is 23.2 Å². The van der Waals surface area contributed by atoms with Crippen molar-refractivity contribution in [3.8, 4) is 0 Å². The highest BCUT2D eigenvalue weighted by atomic mass is 19.3. The van der Waals surface area contributed by atoms with Crippen molar-refractivity contribution in [2.24, 2.45) is 0 Å². The molecule has 4 heteroatoms. The van der Waals surface area contributed by atoms with E-state index in [4.69, 9.17) is 5.11 Å². The van der Waals surface area contributed by atoms with Crippen LogP contribution >= 0.6 is 0 Å². The van der Waals surface area contributed by atoms with E-state index in [9.17, 15) is 8.78 Å². The summed E-state index contributed by atoms with van der Waals surface area (Å²) in [6, 6.07) is 1.27. The summed E-state index contributed by atoms with van der Waals surface area (Å²) in [4.78, 5) is 3.73. The zero-order chi connectivity index (χ0) is 9.14. The van der Waals surface area contributed by atoms with E-state index in [-0.39, 0.29) is 12.2 Å². The molecular formula is C8H9F2NO. The van der Waals surface area contributed by atoms with Gasteiger partial charge in [-0.2, -0.15) is 0 Å². The highest BCUT2D eigenvalue weighted by Crippen LogP contribution is 2.19. The van der Waals surface area contributed by atoms with Gasteiger partial charge in [-0.05, 0) is 18.6 Å². The minimum atomic E-state index is -2.52. The summed E-state index contributed by atoms with van der Waals surface area (Å²) in [5.74, 6) is 0. The van der Waals surface area contributed by atoms with Crippen LogP contribution in [0.15, 0.2) is 12.3 Å². The summed E-state index contributed by atoms with van der Waals surface area (Å²) in [7, 11) is 0. The van der Waals surface area contributed by atoms with Crippen molar-refractivity contribution in [2.45, 2.75) is 20.0 Å². The molecule has 0 saturated carbocycles. The zero-order valence-corrected chi connectivity index (χ0v) is 6.59. The third kappa shape index (κ3) is 1.76. The van der Waals surface area contributed by atoms with Crippen molar-refractivity contribution in [1.82, 2.24) is 4.98 Å². The van der Waals surface area contributed by atoms with Gasteiger partial charge < -0.3 is 5.11 Å². The molecule has 0 fully saturated rings. The average molecular weight is 173 g/mol. The molecule has 0 spiro atoms. The molecule has 1 N–H and O–H groups in total. The molecule has 1 aromatic heterocycles. The molecule has 2 nitrogen and oxygen atoms in total. The number of hydrogen-bond acceptors (Lipinski definition) is 2. The number of halogens is 2. The monoisotopic (exact) mass is 173 g/mol. The lowest BCUT2D eigenvalue weighted by Crippen LogP contribution is -1.95. The molecule has 0 saturated heterocycles. The quantitative estimate of drug-likeness (QED) is 0.739. The molecule has 0 atom stereocenters. The van der Waals surface area contributed by atoms with Crippen LogP contribution in [-0.2, 0) is 6.61 Å². The van der Waals surface area contributed by atoms with E-state index in [2.05, 4.69) is 4.98 Å². The normalized spacial score (nSPS) is 10.8. The SMILES string of the molecule is Cc1ncc(C(F)F)cc1CO. The Morgan fingerprint density at radius 1 is 1.58 bits per heavy atom. The molecule has 0 aliphatic rings. The standard InChI is InChI=1S/C8H9F2NO/c1-5-7(4-12)2-6(3-11-5)8(9)10/h2-3,8,12H,4H2,1H3. The highest BCUT2D eigenvalue weighted by Gasteiger charge is 2.09. The van der Waals surface area contributed by atoms with Gasteiger partial charge in [-0.25, -0.2) is 8.78 Å². The number of aromatic nitrogens is 1. The maximum Gasteiger partial charge on any atom is 0.265 e. The molecule has 1 heterocycles. The van der Waals surface area contributed by atoms with Gasteiger partial charge in [-0.3, -0.25) is 4.98 Å². The lowest BCUT2D eigenvalue weighted by atomic mass is 10.1. The average Bonchev–Trinajstić information content (AvgIpc) is 2.05. The Labute approximate surface area is 68.9 Å². The summed E-state index contributed by atoms with van der Waals surface area (Å²) < 4.78 is 24.2. The van der Waals surface area contributed by atoms with E-state index in [1.807, 2.05) is 0 Å². The van der Waals surface area contributed by atoms with Crippen LogP contribution in [0.3, 0.4) is 0 Å².